The van der Waals surface area contributed by atoms with Gasteiger partial charge in [-0.3, -0.25) is 0 Å². The van der Waals surface area contributed by atoms with Gasteiger partial charge in [0.15, 0.2) is 0 Å². The first-order valence-corrected chi connectivity index (χ1v) is 8.02. The Morgan fingerprint density at radius 3 is 3.10 bits per heavy atom. The molecule has 1 aliphatic rings. The van der Waals surface area contributed by atoms with E-state index < -0.39 is 0 Å². The number of thioether (sulfide) groups is 1. The lowest BCUT2D eigenvalue weighted by molar-refractivity contribution is 0.129. The van der Waals surface area contributed by atoms with Gasteiger partial charge in [-0.1, -0.05) is 17.9 Å². The normalized spacial score (nSPS) is 17.8. The number of benzene rings is 1. The van der Waals surface area contributed by atoms with Crippen LogP contribution < -0.4 is 0 Å². The van der Waals surface area contributed by atoms with Gasteiger partial charge in [-0.05, 0) is 30.5 Å². The third kappa shape index (κ3) is 4.82. The molecule has 0 bridgehead atoms. The Labute approximate surface area is 123 Å². The highest BCUT2D eigenvalue weighted by atomic mass is 32.2. The van der Waals surface area contributed by atoms with Crippen molar-refractivity contribution in [2.75, 3.05) is 19.0 Å². The standard InChI is InChI=1S/C16H19FO2S/c17-15-7-6-14(13(10-15)4-1-2-8-18)11-20-12-16-5-3-9-19-16/h6-7,10,16,18H,2-3,5,8-9,11-12H2. The molecule has 0 radical (unpaired) electrons. The molecule has 1 aliphatic heterocycles. The molecule has 1 aromatic carbocycles. The van der Waals surface area contributed by atoms with Crippen molar-refractivity contribution >= 4 is 11.8 Å². The Morgan fingerprint density at radius 2 is 2.35 bits per heavy atom. The zero-order valence-electron chi connectivity index (χ0n) is 11.4. The van der Waals surface area contributed by atoms with Crippen LogP contribution in [0.5, 0.6) is 0 Å². The van der Waals surface area contributed by atoms with Crippen LogP contribution in [0.3, 0.4) is 0 Å². The third-order valence-electron chi connectivity index (χ3n) is 3.12. The quantitative estimate of drug-likeness (QED) is 0.847. The van der Waals surface area contributed by atoms with E-state index in [4.69, 9.17) is 9.84 Å². The molecule has 1 saturated heterocycles. The Kier molecular flexibility index (Phi) is 6.38. The van der Waals surface area contributed by atoms with E-state index in [1.54, 1.807) is 17.8 Å². The van der Waals surface area contributed by atoms with Gasteiger partial charge < -0.3 is 9.84 Å². The second-order valence-electron chi connectivity index (χ2n) is 4.73. The monoisotopic (exact) mass is 294 g/mol. The molecule has 1 N–H and O–H groups in total. The molecule has 0 aliphatic carbocycles. The van der Waals surface area contributed by atoms with Crippen LogP contribution in [0, 0.1) is 17.7 Å². The molecule has 1 atom stereocenters. The number of hydrogen-bond donors (Lipinski definition) is 1. The summed E-state index contributed by atoms with van der Waals surface area (Å²) in [4.78, 5) is 0. The van der Waals surface area contributed by atoms with Crippen LogP contribution in [0.2, 0.25) is 0 Å². The summed E-state index contributed by atoms with van der Waals surface area (Å²) in [5.41, 5.74) is 1.76. The average molecular weight is 294 g/mol. The molecule has 2 rings (SSSR count). The van der Waals surface area contributed by atoms with Crippen molar-refractivity contribution in [2.24, 2.45) is 0 Å². The highest BCUT2D eigenvalue weighted by Crippen LogP contribution is 2.22. The first-order valence-electron chi connectivity index (χ1n) is 6.87. The zero-order valence-corrected chi connectivity index (χ0v) is 12.2. The molecule has 4 heteroatoms. The van der Waals surface area contributed by atoms with Crippen molar-refractivity contribution in [3.8, 4) is 11.8 Å². The average Bonchev–Trinajstić information content (AvgIpc) is 2.95. The predicted octanol–water partition coefficient (Wildman–Crippen LogP) is 2.97. The van der Waals surface area contributed by atoms with Crippen LogP contribution in [0.1, 0.15) is 30.4 Å². The molecule has 1 heterocycles. The van der Waals surface area contributed by atoms with Gasteiger partial charge in [0.25, 0.3) is 0 Å². The number of aliphatic hydroxyl groups excluding tert-OH is 1. The highest BCUT2D eigenvalue weighted by molar-refractivity contribution is 7.98. The predicted molar refractivity (Wildman–Crippen MR) is 80.1 cm³/mol. The van der Waals surface area contributed by atoms with E-state index in [2.05, 4.69) is 11.8 Å². The number of aliphatic hydroxyl groups is 1. The summed E-state index contributed by atoms with van der Waals surface area (Å²) in [6.07, 6.45) is 3.07. The van der Waals surface area contributed by atoms with Gasteiger partial charge in [0, 0.05) is 30.1 Å². The molecule has 1 aromatic rings. The molecule has 20 heavy (non-hydrogen) atoms. The van der Waals surface area contributed by atoms with E-state index in [-0.39, 0.29) is 12.4 Å². The van der Waals surface area contributed by atoms with Gasteiger partial charge in [0.05, 0.1) is 12.7 Å². The maximum Gasteiger partial charge on any atom is 0.124 e. The fourth-order valence-corrected chi connectivity index (χ4v) is 3.20. The Bertz CT molecular complexity index is 487. The van der Waals surface area contributed by atoms with Crippen LogP contribution in [-0.2, 0) is 10.5 Å². The van der Waals surface area contributed by atoms with Gasteiger partial charge in [-0.25, -0.2) is 4.39 Å². The summed E-state index contributed by atoms with van der Waals surface area (Å²) < 4.78 is 18.9. The van der Waals surface area contributed by atoms with Crippen molar-refractivity contribution in [1.82, 2.24) is 0 Å². The van der Waals surface area contributed by atoms with Crippen LogP contribution in [0.15, 0.2) is 18.2 Å². The molecule has 1 fully saturated rings. The summed E-state index contributed by atoms with van der Waals surface area (Å²) in [5, 5.41) is 8.74. The minimum absolute atomic E-state index is 0.0332. The van der Waals surface area contributed by atoms with E-state index in [1.807, 2.05) is 0 Å². The summed E-state index contributed by atoms with van der Waals surface area (Å²) in [6, 6.07) is 4.73. The van der Waals surface area contributed by atoms with Crippen LogP contribution in [0.25, 0.3) is 0 Å². The summed E-state index contributed by atoms with van der Waals surface area (Å²) in [5.74, 6) is 7.30. The smallest absolute Gasteiger partial charge is 0.124 e. The fraction of sp³-hybridized carbons (Fsp3) is 0.500. The summed E-state index contributed by atoms with van der Waals surface area (Å²) in [7, 11) is 0. The van der Waals surface area contributed by atoms with Crippen LogP contribution in [0.4, 0.5) is 4.39 Å². The maximum absolute atomic E-state index is 13.3. The lowest BCUT2D eigenvalue weighted by Gasteiger charge is -2.09. The number of ether oxygens (including phenoxy) is 1. The Hall–Kier alpha value is -1.02. The van der Waals surface area contributed by atoms with E-state index in [0.717, 1.165) is 42.1 Å². The van der Waals surface area contributed by atoms with E-state index >= 15 is 0 Å². The number of hydrogen-bond acceptors (Lipinski definition) is 3. The molecule has 2 nitrogen and oxygen atoms in total. The van der Waals surface area contributed by atoms with E-state index in [9.17, 15) is 4.39 Å². The minimum atomic E-state index is -0.272. The maximum atomic E-state index is 13.3. The van der Waals surface area contributed by atoms with E-state index in [1.165, 1.54) is 12.1 Å². The lowest BCUT2D eigenvalue weighted by Crippen LogP contribution is -2.08. The van der Waals surface area contributed by atoms with Gasteiger partial charge in [0.1, 0.15) is 5.82 Å². The molecule has 108 valence electrons. The fourth-order valence-electron chi connectivity index (χ4n) is 2.08. The summed E-state index contributed by atoms with van der Waals surface area (Å²) >= 11 is 1.80. The lowest BCUT2D eigenvalue weighted by atomic mass is 10.1. The topological polar surface area (TPSA) is 29.5 Å². The molecule has 0 amide bonds. The van der Waals surface area contributed by atoms with Crippen molar-refractivity contribution in [3.63, 3.8) is 0 Å². The van der Waals surface area contributed by atoms with Gasteiger partial charge in [-0.15, -0.1) is 0 Å². The van der Waals surface area contributed by atoms with Crippen molar-refractivity contribution < 1.29 is 14.2 Å². The Balaban J connectivity index is 1.93. The number of rotatable bonds is 5. The first-order chi connectivity index (χ1) is 9.79. The third-order valence-corrected chi connectivity index (χ3v) is 4.24. The SMILES string of the molecule is OCCC#Cc1cc(F)ccc1CSCC1CCCO1. The zero-order chi connectivity index (χ0) is 14.2. The van der Waals surface area contributed by atoms with Crippen molar-refractivity contribution in [2.45, 2.75) is 31.1 Å². The molecular formula is C16H19FO2S. The molecule has 0 saturated carbocycles. The van der Waals surface area contributed by atoms with E-state index in [0.29, 0.717) is 12.5 Å². The summed E-state index contributed by atoms with van der Waals surface area (Å²) in [6.45, 7) is 0.908. The highest BCUT2D eigenvalue weighted by Gasteiger charge is 2.15. The molecular weight excluding hydrogens is 275 g/mol. The van der Waals surface area contributed by atoms with Crippen molar-refractivity contribution in [1.29, 1.82) is 0 Å². The molecule has 1 unspecified atom stereocenters. The minimum Gasteiger partial charge on any atom is -0.395 e. The number of halogens is 1. The molecule has 0 aromatic heterocycles. The van der Waals surface area contributed by atoms with Gasteiger partial charge >= 0.3 is 0 Å². The van der Waals surface area contributed by atoms with Crippen LogP contribution >= 0.6 is 11.8 Å². The van der Waals surface area contributed by atoms with Crippen molar-refractivity contribution in [3.05, 3.63) is 35.1 Å². The Morgan fingerprint density at radius 1 is 1.45 bits per heavy atom. The van der Waals surface area contributed by atoms with Gasteiger partial charge in [0.2, 0.25) is 0 Å². The second kappa shape index (κ2) is 8.31. The van der Waals surface area contributed by atoms with Gasteiger partial charge in [-0.2, -0.15) is 11.8 Å². The first kappa shape index (κ1) is 15.4. The molecule has 0 spiro atoms. The second-order valence-corrected chi connectivity index (χ2v) is 5.76. The van der Waals surface area contributed by atoms with Crippen LogP contribution in [-0.4, -0.2) is 30.2 Å². The largest absolute Gasteiger partial charge is 0.395 e.